The summed E-state index contributed by atoms with van der Waals surface area (Å²) in [5.41, 5.74) is 4.39. The maximum atomic E-state index is 12.8. The third kappa shape index (κ3) is 6.98. The van der Waals surface area contributed by atoms with Crippen molar-refractivity contribution >= 4 is 57.2 Å². The molecule has 0 spiro atoms. The van der Waals surface area contributed by atoms with Crippen LogP contribution in [-0.2, 0) is 11.4 Å². The number of rotatable bonds is 9. The molecule has 1 aliphatic rings. The Labute approximate surface area is 238 Å². The fraction of sp³-hybridized carbons (Fsp3) is 0.222. The monoisotopic (exact) mass is 619 g/mol. The predicted octanol–water partition coefficient (Wildman–Crippen LogP) is 5.97. The largest absolute Gasteiger partial charge is 0.488 e. The summed E-state index contributed by atoms with van der Waals surface area (Å²) in [6, 6.07) is 14.7. The summed E-state index contributed by atoms with van der Waals surface area (Å²) in [5, 5.41) is 7.90. The molecule has 0 aromatic heterocycles. The van der Waals surface area contributed by atoms with Gasteiger partial charge in [0.05, 0.1) is 10.7 Å². The number of carbonyl (C=O) groups is 2. The molecular formula is C27H24BrCl2N3O5. The van der Waals surface area contributed by atoms with E-state index in [-0.39, 0.29) is 19.3 Å². The van der Waals surface area contributed by atoms with E-state index in [0.29, 0.717) is 37.3 Å². The number of nitrogens with zero attached hydrogens (tertiary/aromatic N) is 1. The molecule has 11 heteroatoms. The van der Waals surface area contributed by atoms with E-state index in [4.69, 9.17) is 37.4 Å². The van der Waals surface area contributed by atoms with Crippen molar-refractivity contribution in [1.29, 1.82) is 0 Å². The highest BCUT2D eigenvalue weighted by Crippen LogP contribution is 2.32. The van der Waals surface area contributed by atoms with Crippen molar-refractivity contribution in [3.8, 4) is 17.2 Å². The molecule has 1 aliphatic heterocycles. The minimum atomic E-state index is -0.799. The topological polar surface area (TPSA) is 98.2 Å². The van der Waals surface area contributed by atoms with Gasteiger partial charge >= 0.3 is 0 Å². The minimum absolute atomic E-state index is 0.111. The van der Waals surface area contributed by atoms with Crippen molar-refractivity contribution in [2.45, 2.75) is 26.5 Å². The molecule has 0 radical (unpaired) electrons. The Hall–Kier alpha value is -3.27. The van der Waals surface area contributed by atoms with Gasteiger partial charge in [0.2, 0.25) is 6.79 Å². The van der Waals surface area contributed by atoms with Gasteiger partial charge in [-0.15, -0.1) is 0 Å². The molecule has 198 valence electrons. The Morgan fingerprint density at radius 1 is 1.08 bits per heavy atom. The number of halogens is 3. The molecular weight excluding hydrogens is 597 g/mol. The molecule has 1 atom stereocenters. The van der Waals surface area contributed by atoms with Crippen molar-refractivity contribution in [3.63, 3.8) is 0 Å². The molecule has 0 bridgehead atoms. The summed E-state index contributed by atoms with van der Waals surface area (Å²) in [6.45, 7) is 4.05. The van der Waals surface area contributed by atoms with Gasteiger partial charge in [-0.05, 0) is 75.9 Å². The lowest BCUT2D eigenvalue weighted by Gasteiger charge is -2.20. The minimum Gasteiger partial charge on any atom is -0.488 e. The van der Waals surface area contributed by atoms with Crippen molar-refractivity contribution in [1.82, 2.24) is 10.7 Å². The van der Waals surface area contributed by atoms with Crippen molar-refractivity contribution in [2.24, 2.45) is 11.0 Å². The smallest absolute Gasteiger partial charge is 0.262 e. The Morgan fingerprint density at radius 3 is 2.61 bits per heavy atom. The van der Waals surface area contributed by atoms with E-state index in [9.17, 15) is 9.59 Å². The molecule has 4 rings (SSSR count). The normalized spacial score (nSPS) is 13.0. The molecule has 8 nitrogen and oxygen atoms in total. The molecule has 2 N–H and O–H groups in total. The molecule has 0 saturated carbocycles. The van der Waals surface area contributed by atoms with Crippen LogP contribution in [0, 0.1) is 5.92 Å². The van der Waals surface area contributed by atoms with Gasteiger partial charge in [-0.3, -0.25) is 9.59 Å². The lowest BCUT2D eigenvalue weighted by Crippen LogP contribution is -2.48. The predicted molar refractivity (Wildman–Crippen MR) is 149 cm³/mol. The van der Waals surface area contributed by atoms with Crippen LogP contribution < -0.4 is 25.0 Å². The zero-order chi connectivity index (χ0) is 27.2. The van der Waals surface area contributed by atoms with Gasteiger partial charge in [-0.25, -0.2) is 5.43 Å². The number of benzene rings is 3. The highest BCUT2D eigenvalue weighted by Gasteiger charge is 2.25. The van der Waals surface area contributed by atoms with Crippen LogP contribution in [0.4, 0.5) is 0 Å². The second kappa shape index (κ2) is 12.5. The van der Waals surface area contributed by atoms with Crippen LogP contribution in [0.2, 0.25) is 10.0 Å². The fourth-order valence-electron chi connectivity index (χ4n) is 3.55. The lowest BCUT2D eigenvalue weighted by molar-refractivity contribution is -0.123. The summed E-state index contributed by atoms with van der Waals surface area (Å²) in [4.78, 5) is 25.5. The van der Waals surface area contributed by atoms with Gasteiger partial charge in [0, 0.05) is 21.2 Å². The molecule has 38 heavy (non-hydrogen) atoms. The highest BCUT2D eigenvalue weighted by atomic mass is 79.9. The van der Waals surface area contributed by atoms with Crippen molar-refractivity contribution < 1.29 is 23.8 Å². The van der Waals surface area contributed by atoms with Crippen LogP contribution in [0.1, 0.15) is 35.3 Å². The first kappa shape index (κ1) is 27.8. The molecule has 3 aromatic carbocycles. The summed E-state index contributed by atoms with van der Waals surface area (Å²) in [5.74, 6) is 0.659. The van der Waals surface area contributed by atoms with E-state index in [1.807, 2.05) is 19.9 Å². The summed E-state index contributed by atoms with van der Waals surface area (Å²) < 4.78 is 17.1. The maximum absolute atomic E-state index is 12.8. The molecule has 0 aliphatic carbocycles. The zero-order valence-electron chi connectivity index (χ0n) is 20.5. The average Bonchev–Trinajstić information content (AvgIpc) is 3.35. The molecule has 0 fully saturated rings. The Bertz CT molecular complexity index is 1380. The van der Waals surface area contributed by atoms with Crippen LogP contribution >= 0.6 is 39.1 Å². The lowest BCUT2D eigenvalue weighted by atomic mass is 10.0. The first-order valence-electron chi connectivity index (χ1n) is 11.6. The SMILES string of the molecule is CC(C)C(NC(=O)c1ccc2c(c1)OCO2)C(=O)NN=Cc1ccc(OCc2ccc(Cl)cc2Cl)c(Br)c1. The Morgan fingerprint density at radius 2 is 1.87 bits per heavy atom. The third-order valence-corrected chi connectivity index (χ3v) is 6.82. The molecule has 2 amide bonds. The first-order valence-corrected chi connectivity index (χ1v) is 13.2. The number of fused-ring (bicyclic) bond motifs is 1. The van der Waals surface area contributed by atoms with E-state index in [1.54, 1.807) is 48.5 Å². The van der Waals surface area contributed by atoms with Gasteiger partial charge in [0.1, 0.15) is 18.4 Å². The number of nitrogens with one attached hydrogen (secondary N) is 2. The maximum Gasteiger partial charge on any atom is 0.262 e. The van der Waals surface area contributed by atoms with E-state index < -0.39 is 17.9 Å². The number of ether oxygens (including phenoxy) is 3. The van der Waals surface area contributed by atoms with Gasteiger partial charge in [-0.1, -0.05) is 43.1 Å². The van der Waals surface area contributed by atoms with Crippen LogP contribution in [0.15, 0.2) is 64.2 Å². The Balaban J connectivity index is 1.33. The van der Waals surface area contributed by atoms with Crippen molar-refractivity contribution in [2.75, 3.05) is 6.79 Å². The Kier molecular flexibility index (Phi) is 9.14. The van der Waals surface area contributed by atoms with E-state index >= 15 is 0 Å². The average molecular weight is 621 g/mol. The second-order valence-electron chi connectivity index (χ2n) is 8.71. The van der Waals surface area contributed by atoms with E-state index in [2.05, 4.69) is 31.8 Å². The highest BCUT2D eigenvalue weighted by molar-refractivity contribution is 9.10. The van der Waals surface area contributed by atoms with Gasteiger partial charge in [0.15, 0.2) is 11.5 Å². The van der Waals surface area contributed by atoms with Crippen LogP contribution in [0.3, 0.4) is 0 Å². The number of carbonyl (C=O) groups excluding carboxylic acids is 2. The molecule has 0 saturated heterocycles. The van der Waals surface area contributed by atoms with Crippen LogP contribution in [0.5, 0.6) is 17.2 Å². The summed E-state index contributed by atoms with van der Waals surface area (Å²) >= 11 is 15.6. The molecule has 1 heterocycles. The van der Waals surface area contributed by atoms with Gasteiger partial charge in [-0.2, -0.15) is 5.10 Å². The number of amides is 2. The second-order valence-corrected chi connectivity index (χ2v) is 10.4. The number of hydrazone groups is 1. The van der Waals surface area contributed by atoms with Crippen LogP contribution in [0.25, 0.3) is 0 Å². The van der Waals surface area contributed by atoms with E-state index in [1.165, 1.54) is 6.21 Å². The quantitative estimate of drug-likeness (QED) is 0.227. The fourth-order valence-corrected chi connectivity index (χ4v) is 4.52. The van der Waals surface area contributed by atoms with Gasteiger partial charge < -0.3 is 19.5 Å². The zero-order valence-corrected chi connectivity index (χ0v) is 23.6. The van der Waals surface area contributed by atoms with Crippen LogP contribution in [-0.4, -0.2) is 30.9 Å². The molecule has 3 aromatic rings. The first-order chi connectivity index (χ1) is 18.2. The van der Waals surface area contributed by atoms with Gasteiger partial charge in [0.25, 0.3) is 11.8 Å². The third-order valence-electron chi connectivity index (χ3n) is 5.61. The summed E-state index contributed by atoms with van der Waals surface area (Å²) in [6.07, 6.45) is 1.50. The van der Waals surface area contributed by atoms with Crippen molar-refractivity contribution in [3.05, 3.63) is 85.8 Å². The summed E-state index contributed by atoms with van der Waals surface area (Å²) in [7, 11) is 0. The standard InChI is InChI=1S/C27H24BrCl2N3O5/c1-15(2)25(32-26(34)17-5-8-23-24(10-17)38-14-37-23)27(35)33-31-12-16-3-7-22(20(28)9-16)36-13-18-4-6-19(29)11-21(18)30/h3-12,15,25H,13-14H2,1-2H3,(H,32,34)(H,33,35). The molecule has 1 unspecified atom stereocenters. The van der Waals surface area contributed by atoms with E-state index in [0.717, 1.165) is 11.1 Å². The number of hydrogen-bond acceptors (Lipinski definition) is 6. The number of hydrogen-bond donors (Lipinski definition) is 2.